The molecule has 1 atom stereocenters. The highest BCUT2D eigenvalue weighted by Gasteiger charge is 2.04. The van der Waals surface area contributed by atoms with Gasteiger partial charge in [0.15, 0.2) is 0 Å². The van der Waals surface area contributed by atoms with Crippen molar-refractivity contribution in [1.82, 2.24) is 0 Å². The Morgan fingerprint density at radius 3 is 2.75 bits per heavy atom. The normalized spacial score (nSPS) is 12.9. The second kappa shape index (κ2) is 4.15. The van der Waals surface area contributed by atoms with Crippen molar-refractivity contribution in [2.45, 2.75) is 18.2 Å². The van der Waals surface area contributed by atoms with Crippen LogP contribution < -0.4 is 0 Å². The molecule has 0 bridgehead atoms. The summed E-state index contributed by atoms with van der Waals surface area (Å²) >= 11 is 9.10. The average Bonchev–Trinajstić information content (AvgIpc) is 1.94. The number of rotatable bonds is 2. The van der Waals surface area contributed by atoms with Crippen LogP contribution in [0.25, 0.3) is 0 Å². The predicted octanol–water partition coefficient (Wildman–Crippen LogP) is 3.37. The summed E-state index contributed by atoms with van der Waals surface area (Å²) in [5.41, 5.74) is 0.920. The number of aromatic hydroxyl groups is 1. The van der Waals surface area contributed by atoms with Crippen LogP contribution in [0, 0.1) is 0 Å². The number of hydrogen-bond donors (Lipinski definition) is 1. The summed E-state index contributed by atoms with van der Waals surface area (Å²) in [5, 5.41) is 10.0. The van der Waals surface area contributed by atoms with Crippen LogP contribution in [0.3, 0.4) is 0 Å². The standard InChI is InChI=1S/C9H10BrClO/c1-6(10)4-7-2-3-8(11)5-9(7)12/h2-3,5-6,12H,4H2,1H3. The highest BCUT2D eigenvalue weighted by Crippen LogP contribution is 2.24. The fourth-order valence-electron chi connectivity index (χ4n) is 1.01. The largest absolute Gasteiger partial charge is 0.508 e. The van der Waals surface area contributed by atoms with E-state index >= 15 is 0 Å². The lowest BCUT2D eigenvalue weighted by atomic mass is 10.1. The van der Waals surface area contributed by atoms with E-state index in [-0.39, 0.29) is 5.75 Å². The van der Waals surface area contributed by atoms with Gasteiger partial charge in [0.2, 0.25) is 0 Å². The third kappa shape index (κ3) is 2.68. The number of phenols is 1. The van der Waals surface area contributed by atoms with Crippen molar-refractivity contribution >= 4 is 27.5 Å². The lowest BCUT2D eigenvalue weighted by Gasteiger charge is -2.05. The van der Waals surface area contributed by atoms with Gasteiger partial charge in [-0.25, -0.2) is 0 Å². The molecule has 1 nitrogen and oxygen atoms in total. The molecule has 0 aliphatic carbocycles. The Bertz CT molecular complexity index is 273. The Kier molecular flexibility index (Phi) is 3.41. The Labute approximate surface area is 85.5 Å². The molecule has 66 valence electrons. The van der Waals surface area contributed by atoms with Crippen molar-refractivity contribution < 1.29 is 5.11 Å². The average molecular weight is 250 g/mol. The number of hydrogen-bond acceptors (Lipinski definition) is 1. The molecule has 0 aliphatic rings. The monoisotopic (exact) mass is 248 g/mol. The molecule has 1 rings (SSSR count). The third-order valence-electron chi connectivity index (χ3n) is 1.55. The van der Waals surface area contributed by atoms with E-state index < -0.39 is 0 Å². The fourth-order valence-corrected chi connectivity index (χ4v) is 1.53. The van der Waals surface area contributed by atoms with Crippen LogP contribution >= 0.6 is 27.5 Å². The maximum atomic E-state index is 9.43. The fraction of sp³-hybridized carbons (Fsp3) is 0.333. The van der Waals surface area contributed by atoms with Gasteiger partial charge in [-0.3, -0.25) is 0 Å². The maximum Gasteiger partial charge on any atom is 0.120 e. The van der Waals surface area contributed by atoms with E-state index in [9.17, 15) is 5.11 Å². The van der Waals surface area contributed by atoms with Crippen LogP contribution in [0.4, 0.5) is 0 Å². The van der Waals surface area contributed by atoms with Crippen LogP contribution in [0.2, 0.25) is 5.02 Å². The first-order valence-corrected chi connectivity index (χ1v) is 5.00. The van der Waals surface area contributed by atoms with E-state index in [4.69, 9.17) is 11.6 Å². The van der Waals surface area contributed by atoms with Crippen molar-refractivity contribution in [3.05, 3.63) is 28.8 Å². The quantitative estimate of drug-likeness (QED) is 0.797. The molecular weight excluding hydrogens is 239 g/mol. The lowest BCUT2D eigenvalue weighted by molar-refractivity contribution is 0.468. The summed E-state index contributed by atoms with van der Waals surface area (Å²) in [4.78, 5) is 0.365. The van der Waals surface area contributed by atoms with Crippen LogP contribution in [-0.2, 0) is 6.42 Å². The second-order valence-corrected chi connectivity index (χ2v) is 4.76. The van der Waals surface area contributed by atoms with Crippen molar-refractivity contribution in [2.75, 3.05) is 0 Å². The van der Waals surface area contributed by atoms with Gasteiger partial charge in [0.1, 0.15) is 5.75 Å². The summed E-state index contributed by atoms with van der Waals surface area (Å²) in [6, 6.07) is 5.19. The molecule has 0 heterocycles. The van der Waals surface area contributed by atoms with Crippen molar-refractivity contribution in [3.63, 3.8) is 0 Å². The predicted molar refractivity (Wildman–Crippen MR) is 55.2 cm³/mol. The molecule has 12 heavy (non-hydrogen) atoms. The molecule has 1 aromatic carbocycles. The first-order valence-electron chi connectivity index (χ1n) is 3.71. The maximum absolute atomic E-state index is 9.43. The number of phenolic OH excluding ortho intramolecular Hbond substituents is 1. The zero-order valence-corrected chi connectivity index (χ0v) is 9.06. The van der Waals surface area contributed by atoms with E-state index in [1.165, 1.54) is 0 Å². The van der Waals surface area contributed by atoms with Crippen LogP contribution in [0.5, 0.6) is 5.75 Å². The van der Waals surface area contributed by atoms with Gasteiger partial charge < -0.3 is 5.11 Å². The zero-order valence-electron chi connectivity index (χ0n) is 6.72. The van der Waals surface area contributed by atoms with Crippen LogP contribution in [0.15, 0.2) is 18.2 Å². The zero-order chi connectivity index (χ0) is 9.14. The van der Waals surface area contributed by atoms with E-state index in [1.807, 2.05) is 13.0 Å². The van der Waals surface area contributed by atoms with E-state index in [0.717, 1.165) is 12.0 Å². The Hall–Kier alpha value is -0.210. The molecule has 0 amide bonds. The molecule has 0 radical (unpaired) electrons. The third-order valence-corrected chi connectivity index (χ3v) is 2.11. The van der Waals surface area contributed by atoms with Crippen molar-refractivity contribution in [1.29, 1.82) is 0 Å². The Balaban J connectivity index is 2.86. The van der Waals surface area contributed by atoms with Gasteiger partial charge in [-0.1, -0.05) is 40.5 Å². The number of halogens is 2. The number of alkyl halides is 1. The van der Waals surface area contributed by atoms with Gasteiger partial charge in [0.25, 0.3) is 0 Å². The molecule has 0 saturated carbocycles. The lowest BCUT2D eigenvalue weighted by Crippen LogP contribution is -1.96. The van der Waals surface area contributed by atoms with Crippen LogP contribution in [0.1, 0.15) is 12.5 Å². The molecule has 0 saturated heterocycles. The minimum Gasteiger partial charge on any atom is -0.508 e. The highest BCUT2D eigenvalue weighted by molar-refractivity contribution is 9.09. The van der Waals surface area contributed by atoms with Crippen molar-refractivity contribution in [2.24, 2.45) is 0 Å². The van der Waals surface area contributed by atoms with E-state index in [2.05, 4.69) is 15.9 Å². The molecule has 1 aromatic rings. The first kappa shape index (κ1) is 9.87. The number of benzene rings is 1. The molecule has 1 N–H and O–H groups in total. The van der Waals surface area contributed by atoms with Gasteiger partial charge in [-0.15, -0.1) is 0 Å². The second-order valence-electron chi connectivity index (χ2n) is 2.76. The molecule has 0 aromatic heterocycles. The van der Waals surface area contributed by atoms with Gasteiger partial charge in [-0.05, 0) is 24.1 Å². The van der Waals surface area contributed by atoms with Gasteiger partial charge in [-0.2, -0.15) is 0 Å². The Morgan fingerprint density at radius 1 is 1.58 bits per heavy atom. The summed E-state index contributed by atoms with van der Waals surface area (Å²) < 4.78 is 0. The van der Waals surface area contributed by atoms with E-state index in [1.54, 1.807) is 12.1 Å². The van der Waals surface area contributed by atoms with Crippen LogP contribution in [-0.4, -0.2) is 9.93 Å². The van der Waals surface area contributed by atoms with E-state index in [0.29, 0.717) is 9.85 Å². The summed E-state index contributed by atoms with van der Waals surface area (Å²) in [6.07, 6.45) is 0.809. The molecule has 0 spiro atoms. The Morgan fingerprint density at radius 2 is 2.25 bits per heavy atom. The topological polar surface area (TPSA) is 20.2 Å². The summed E-state index contributed by atoms with van der Waals surface area (Å²) in [5.74, 6) is 0.272. The molecule has 1 unspecified atom stereocenters. The van der Waals surface area contributed by atoms with Crippen molar-refractivity contribution in [3.8, 4) is 5.75 Å². The summed E-state index contributed by atoms with van der Waals surface area (Å²) in [7, 11) is 0. The SMILES string of the molecule is CC(Br)Cc1ccc(Cl)cc1O. The molecular formula is C9H10BrClO. The minimum absolute atomic E-state index is 0.272. The minimum atomic E-state index is 0.272. The first-order chi connectivity index (χ1) is 5.59. The van der Waals surface area contributed by atoms with Gasteiger partial charge in [0.05, 0.1) is 0 Å². The molecule has 0 aliphatic heterocycles. The van der Waals surface area contributed by atoms with Gasteiger partial charge >= 0.3 is 0 Å². The van der Waals surface area contributed by atoms with Gasteiger partial charge in [0, 0.05) is 9.85 Å². The highest BCUT2D eigenvalue weighted by atomic mass is 79.9. The molecule has 3 heteroatoms. The molecule has 0 fully saturated rings. The smallest absolute Gasteiger partial charge is 0.120 e. The summed E-state index contributed by atoms with van der Waals surface area (Å²) in [6.45, 7) is 2.04.